The van der Waals surface area contributed by atoms with Gasteiger partial charge in [-0.25, -0.2) is 9.59 Å². The van der Waals surface area contributed by atoms with E-state index in [1.54, 1.807) is 60.7 Å². The van der Waals surface area contributed by atoms with E-state index >= 15 is 0 Å². The molecule has 0 radical (unpaired) electrons. The van der Waals surface area contributed by atoms with Crippen molar-refractivity contribution in [3.63, 3.8) is 0 Å². The molecule has 3 rings (SSSR count). The number of nitrogens with one attached hydrogen (secondary N) is 2. The number of hydrogen-bond donors (Lipinski definition) is 2. The number of benzene rings is 3. The topological polar surface area (TPSA) is 120 Å². The first-order valence-corrected chi connectivity index (χ1v) is 12.0. The SMILES string of the molecule is COC(=O)[C@@H](Cc1ccccc1)NC(=O)[C@H](CC(=O)OCc1ccccc1)NC(=O)OCc1ccccc1. The Kier molecular flexibility index (Phi) is 10.9. The minimum absolute atomic E-state index is 0.00522. The molecule has 0 fully saturated rings. The molecule has 0 aromatic heterocycles. The highest BCUT2D eigenvalue weighted by molar-refractivity contribution is 5.92. The van der Waals surface area contributed by atoms with Gasteiger partial charge < -0.3 is 24.8 Å². The van der Waals surface area contributed by atoms with Crippen molar-refractivity contribution in [2.24, 2.45) is 0 Å². The number of esters is 2. The van der Waals surface area contributed by atoms with Gasteiger partial charge in [-0.3, -0.25) is 9.59 Å². The fraction of sp³-hybridized carbons (Fsp3) is 0.241. The lowest BCUT2D eigenvalue weighted by Gasteiger charge is -2.22. The summed E-state index contributed by atoms with van der Waals surface area (Å²) in [5.41, 5.74) is 2.31. The largest absolute Gasteiger partial charge is 0.467 e. The molecule has 3 aromatic rings. The van der Waals surface area contributed by atoms with Crippen LogP contribution in [0.3, 0.4) is 0 Å². The third-order valence-electron chi connectivity index (χ3n) is 5.52. The average Bonchev–Trinajstić information content (AvgIpc) is 2.95. The standard InChI is InChI=1S/C29H30N2O7/c1-36-28(34)25(17-21-11-5-2-6-12-21)30-27(33)24(18-26(32)37-19-22-13-7-3-8-14-22)31-29(35)38-20-23-15-9-4-10-16-23/h2-16,24-25H,17-20H2,1H3,(H,30,33)(H,31,35)/t24-,25+/m0/s1. The molecule has 2 atom stereocenters. The van der Waals surface area contributed by atoms with E-state index < -0.39 is 42.4 Å². The molecule has 3 aromatic carbocycles. The van der Waals surface area contributed by atoms with Gasteiger partial charge in [0.05, 0.1) is 13.5 Å². The number of carbonyl (C=O) groups is 4. The van der Waals surface area contributed by atoms with E-state index in [1.165, 1.54) is 7.11 Å². The number of hydrogen-bond acceptors (Lipinski definition) is 7. The highest BCUT2D eigenvalue weighted by Gasteiger charge is 2.30. The Hall–Kier alpha value is -4.66. The third-order valence-corrected chi connectivity index (χ3v) is 5.52. The van der Waals surface area contributed by atoms with E-state index in [-0.39, 0.29) is 19.6 Å². The van der Waals surface area contributed by atoms with Crippen molar-refractivity contribution in [1.82, 2.24) is 10.6 Å². The molecule has 2 amide bonds. The lowest BCUT2D eigenvalue weighted by Crippen LogP contribution is -2.53. The predicted molar refractivity (Wildman–Crippen MR) is 138 cm³/mol. The van der Waals surface area contributed by atoms with Crippen LogP contribution in [0.5, 0.6) is 0 Å². The van der Waals surface area contributed by atoms with E-state index in [0.717, 1.165) is 16.7 Å². The van der Waals surface area contributed by atoms with E-state index in [2.05, 4.69) is 10.6 Å². The van der Waals surface area contributed by atoms with Crippen LogP contribution in [0.25, 0.3) is 0 Å². The Morgan fingerprint density at radius 3 is 1.68 bits per heavy atom. The number of amides is 2. The molecule has 2 N–H and O–H groups in total. The molecule has 9 nitrogen and oxygen atoms in total. The summed E-state index contributed by atoms with van der Waals surface area (Å²) in [6.45, 7) is -0.0243. The van der Waals surface area contributed by atoms with Crippen molar-refractivity contribution in [2.45, 2.75) is 38.1 Å². The lowest BCUT2D eigenvalue weighted by molar-refractivity contribution is -0.147. The van der Waals surface area contributed by atoms with Gasteiger partial charge in [0.15, 0.2) is 0 Å². The molecule has 0 bridgehead atoms. The first kappa shape index (κ1) is 27.9. The van der Waals surface area contributed by atoms with Crippen molar-refractivity contribution in [2.75, 3.05) is 7.11 Å². The highest BCUT2D eigenvalue weighted by atomic mass is 16.6. The molecule has 0 aliphatic carbocycles. The first-order valence-electron chi connectivity index (χ1n) is 12.0. The zero-order chi connectivity index (χ0) is 27.2. The number of carbonyl (C=O) groups excluding carboxylic acids is 4. The van der Waals surface area contributed by atoms with Crippen LogP contribution >= 0.6 is 0 Å². The summed E-state index contributed by atoms with van der Waals surface area (Å²) in [4.78, 5) is 50.7. The highest BCUT2D eigenvalue weighted by Crippen LogP contribution is 2.08. The van der Waals surface area contributed by atoms with Crippen LogP contribution in [0.1, 0.15) is 23.1 Å². The summed E-state index contributed by atoms with van der Waals surface area (Å²) in [7, 11) is 1.21. The zero-order valence-corrected chi connectivity index (χ0v) is 21.0. The monoisotopic (exact) mass is 518 g/mol. The summed E-state index contributed by atoms with van der Waals surface area (Å²) in [6, 6.07) is 24.7. The van der Waals surface area contributed by atoms with Gasteiger partial charge in [0.2, 0.25) is 5.91 Å². The maximum absolute atomic E-state index is 13.2. The van der Waals surface area contributed by atoms with Crippen LogP contribution in [0.2, 0.25) is 0 Å². The van der Waals surface area contributed by atoms with Crippen molar-refractivity contribution in [3.05, 3.63) is 108 Å². The van der Waals surface area contributed by atoms with Gasteiger partial charge in [0.25, 0.3) is 0 Å². The zero-order valence-electron chi connectivity index (χ0n) is 21.0. The van der Waals surface area contributed by atoms with Crippen molar-refractivity contribution >= 4 is 23.9 Å². The Bertz CT molecular complexity index is 1130. The number of alkyl carbamates (subject to hydrolysis) is 1. The average molecular weight is 519 g/mol. The molecular weight excluding hydrogens is 488 g/mol. The predicted octanol–water partition coefficient (Wildman–Crippen LogP) is 3.32. The van der Waals surface area contributed by atoms with Crippen LogP contribution in [-0.4, -0.2) is 43.1 Å². The van der Waals surface area contributed by atoms with Crippen molar-refractivity contribution in [3.8, 4) is 0 Å². The first-order chi connectivity index (χ1) is 18.4. The molecule has 198 valence electrons. The van der Waals surface area contributed by atoms with Gasteiger partial charge in [-0.2, -0.15) is 0 Å². The van der Waals surface area contributed by atoms with Gasteiger partial charge in [0.1, 0.15) is 25.3 Å². The lowest BCUT2D eigenvalue weighted by atomic mass is 10.1. The molecule has 0 aliphatic rings. The Balaban J connectivity index is 1.67. The molecule has 0 heterocycles. The minimum atomic E-state index is -1.36. The van der Waals surface area contributed by atoms with Gasteiger partial charge in [-0.05, 0) is 16.7 Å². The van der Waals surface area contributed by atoms with Crippen LogP contribution in [-0.2, 0) is 48.2 Å². The molecule has 0 saturated heterocycles. The summed E-state index contributed by atoms with van der Waals surface area (Å²) >= 11 is 0. The molecule has 9 heteroatoms. The fourth-order valence-electron chi connectivity index (χ4n) is 3.54. The van der Waals surface area contributed by atoms with Crippen LogP contribution in [0, 0.1) is 0 Å². The van der Waals surface area contributed by atoms with Crippen LogP contribution < -0.4 is 10.6 Å². The van der Waals surface area contributed by atoms with Crippen LogP contribution in [0.4, 0.5) is 4.79 Å². The number of methoxy groups -OCH3 is 1. The maximum Gasteiger partial charge on any atom is 0.408 e. The third kappa shape index (κ3) is 9.42. The molecular formula is C29H30N2O7. The molecule has 0 aliphatic heterocycles. The van der Waals surface area contributed by atoms with Gasteiger partial charge in [-0.15, -0.1) is 0 Å². The molecule has 38 heavy (non-hydrogen) atoms. The second-order valence-corrected chi connectivity index (χ2v) is 8.38. The van der Waals surface area contributed by atoms with Crippen molar-refractivity contribution in [1.29, 1.82) is 0 Å². The normalized spacial score (nSPS) is 11.9. The van der Waals surface area contributed by atoms with E-state index in [4.69, 9.17) is 14.2 Å². The molecule has 0 spiro atoms. The Morgan fingerprint density at radius 2 is 1.16 bits per heavy atom. The van der Waals surface area contributed by atoms with E-state index in [9.17, 15) is 19.2 Å². The molecule has 0 unspecified atom stereocenters. The second-order valence-electron chi connectivity index (χ2n) is 8.38. The summed E-state index contributed by atoms with van der Waals surface area (Å²) in [5, 5.41) is 5.00. The maximum atomic E-state index is 13.2. The van der Waals surface area contributed by atoms with Gasteiger partial charge in [-0.1, -0.05) is 91.0 Å². The fourth-order valence-corrected chi connectivity index (χ4v) is 3.54. The van der Waals surface area contributed by atoms with Gasteiger partial charge in [0, 0.05) is 6.42 Å². The Morgan fingerprint density at radius 1 is 0.658 bits per heavy atom. The van der Waals surface area contributed by atoms with Crippen LogP contribution in [0.15, 0.2) is 91.0 Å². The summed E-state index contributed by atoms with van der Waals surface area (Å²) < 4.78 is 15.3. The second kappa shape index (κ2) is 14.8. The number of ether oxygens (including phenoxy) is 3. The number of rotatable bonds is 12. The van der Waals surface area contributed by atoms with Gasteiger partial charge >= 0.3 is 18.0 Å². The summed E-state index contributed by atoms with van der Waals surface area (Å²) in [5.74, 6) is -2.14. The summed E-state index contributed by atoms with van der Waals surface area (Å²) in [6.07, 6.45) is -1.22. The molecule has 0 saturated carbocycles. The quantitative estimate of drug-likeness (QED) is 0.279. The smallest absolute Gasteiger partial charge is 0.408 e. The van der Waals surface area contributed by atoms with E-state index in [0.29, 0.717) is 0 Å². The Labute approximate surface area is 221 Å². The van der Waals surface area contributed by atoms with Crippen molar-refractivity contribution < 1.29 is 33.4 Å². The minimum Gasteiger partial charge on any atom is -0.467 e. The van der Waals surface area contributed by atoms with E-state index in [1.807, 2.05) is 30.3 Å².